The van der Waals surface area contributed by atoms with Gasteiger partial charge >= 0.3 is 11.7 Å². The molecule has 0 aliphatic heterocycles. The Morgan fingerprint density at radius 2 is 1.78 bits per heavy atom. The van der Waals surface area contributed by atoms with Crippen LogP contribution in [0.5, 0.6) is 0 Å². The standard InChI is InChI=1S/C23H21N5O8/c1-26-22(32)19(20(24)27(23(26)33)12-14-6-3-2-4-7-14)17(29)13-36-18(30)11-25-21(31)15-8-5-9-16(10-15)28(34)35/h2-10H,11-13,24H2,1H3,(H,25,31). The Bertz CT molecular complexity index is 1460. The highest BCUT2D eigenvalue weighted by molar-refractivity contribution is 6.01. The molecule has 0 saturated heterocycles. The number of hydrogen-bond donors (Lipinski definition) is 2. The molecular formula is C23H21N5O8. The number of amides is 1. The van der Waals surface area contributed by atoms with Crippen LogP contribution >= 0.6 is 0 Å². The number of ketones is 1. The lowest BCUT2D eigenvalue weighted by atomic mass is 10.2. The Kier molecular flexibility index (Phi) is 7.74. The van der Waals surface area contributed by atoms with Crippen LogP contribution in [-0.2, 0) is 23.1 Å². The zero-order chi connectivity index (χ0) is 26.4. The first kappa shape index (κ1) is 25.6. The first-order valence-corrected chi connectivity index (χ1v) is 10.4. The number of aromatic nitrogens is 2. The van der Waals surface area contributed by atoms with Crippen LogP contribution in [0.15, 0.2) is 64.2 Å². The van der Waals surface area contributed by atoms with Crippen LogP contribution in [0.25, 0.3) is 0 Å². The van der Waals surface area contributed by atoms with Gasteiger partial charge in [-0.15, -0.1) is 0 Å². The Hall–Kier alpha value is -5.07. The van der Waals surface area contributed by atoms with Gasteiger partial charge in [0.05, 0.1) is 11.5 Å². The summed E-state index contributed by atoms with van der Waals surface area (Å²) in [5, 5.41) is 13.0. The molecule has 13 heteroatoms. The average Bonchev–Trinajstić information content (AvgIpc) is 2.88. The number of nitrogens with zero attached hydrogens (tertiary/aromatic N) is 3. The molecule has 3 N–H and O–H groups in total. The molecule has 0 radical (unpaired) electrons. The lowest BCUT2D eigenvalue weighted by Crippen LogP contribution is -2.43. The summed E-state index contributed by atoms with van der Waals surface area (Å²) in [7, 11) is 1.19. The zero-order valence-corrected chi connectivity index (χ0v) is 19.0. The van der Waals surface area contributed by atoms with Gasteiger partial charge in [0.2, 0.25) is 5.78 Å². The molecule has 0 atom stereocenters. The van der Waals surface area contributed by atoms with Crippen LogP contribution < -0.4 is 22.3 Å². The monoisotopic (exact) mass is 495 g/mol. The molecule has 0 unspecified atom stereocenters. The van der Waals surface area contributed by atoms with E-state index in [0.717, 1.165) is 15.2 Å². The number of benzene rings is 2. The maximum atomic E-state index is 12.7. The number of non-ortho nitro benzene ring substituents is 1. The van der Waals surface area contributed by atoms with Crippen molar-refractivity contribution in [3.63, 3.8) is 0 Å². The van der Waals surface area contributed by atoms with Gasteiger partial charge < -0.3 is 15.8 Å². The molecule has 13 nitrogen and oxygen atoms in total. The van der Waals surface area contributed by atoms with Gasteiger partial charge in [-0.2, -0.15) is 0 Å². The molecule has 2 aromatic carbocycles. The van der Waals surface area contributed by atoms with E-state index in [1.165, 1.54) is 25.2 Å². The van der Waals surface area contributed by atoms with Gasteiger partial charge in [-0.3, -0.25) is 38.4 Å². The fraction of sp³-hybridized carbons (Fsp3) is 0.174. The second-order valence-electron chi connectivity index (χ2n) is 7.55. The zero-order valence-electron chi connectivity index (χ0n) is 19.0. The molecule has 0 bridgehead atoms. The van der Waals surface area contributed by atoms with Crippen molar-refractivity contribution >= 4 is 29.2 Å². The van der Waals surface area contributed by atoms with E-state index in [-0.39, 0.29) is 23.6 Å². The van der Waals surface area contributed by atoms with Gasteiger partial charge in [0.25, 0.3) is 17.2 Å². The summed E-state index contributed by atoms with van der Waals surface area (Å²) in [6.07, 6.45) is 0. The van der Waals surface area contributed by atoms with Gasteiger partial charge in [-0.25, -0.2) is 4.79 Å². The molecule has 3 rings (SSSR count). The quantitative estimate of drug-likeness (QED) is 0.181. The second kappa shape index (κ2) is 10.9. The molecule has 1 amide bonds. The van der Waals surface area contributed by atoms with Crippen LogP contribution in [-0.4, -0.2) is 44.9 Å². The lowest BCUT2D eigenvalue weighted by Gasteiger charge is -2.14. The van der Waals surface area contributed by atoms with Crippen molar-refractivity contribution in [3.05, 3.63) is 102 Å². The minimum atomic E-state index is -1.00. The molecular weight excluding hydrogens is 474 g/mol. The maximum absolute atomic E-state index is 12.7. The predicted octanol–water partition coefficient (Wildman–Crippen LogP) is 0.242. The van der Waals surface area contributed by atoms with Gasteiger partial charge in [-0.05, 0) is 11.6 Å². The lowest BCUT2D eigenvalue weighted by molar-refractivity contribution is -0.384. The van der Waals surface area contributed by atoms with Crippen molar-refractivity contribution in [2.75, 3.05) is 18.9 Å². The average molecular weight is 495 g/mol. The van der Waals surface area contributed by atoms with Gasteiger partial charge in [0.1, 0.15) is 17.9 Å². The van der Waals surface area contributed by atoms with E-state index >= 15 is 0 Å². The number of hydrogen-bond acceptors (Lipinski definition) is 9. The van der Waals surface area contributed by atoms with E-state index in [1.54, 1.807) is 30.3 Å². The summed E-state index contributed by atoms with van der Waals surface area (Å²) in [5.41, 5.74) is 4.16. The SMILES string of the molecule is Cn1c(=O)c(C(=O)COC(=O)CNC(=O)c2cccc([N+](=O)[O-])c2)c(N)n(Cc2ccccc2)c1=O. The smallest absolute Gasteiger partial charge is 0.332 e. The largest absolute Gasteiger partial charge is 0.456 e. The molecule has 0 aliphatic rings. The Morgan fingerprint density at radius 3 is 2.44 bits per heavy atom. The van der Waals surface area contributed by atoms with E-state index in [4.69, 9.17) is 10.5 Å². The first-order valence-electron chi connectivity index (χ1n) is 10.4. The number of nitro benzene ring substituents is 1. The summed E-state index contributed by atoms with van der Waals surface area (Å²) >= 11 is 0. The molecule has 186 valence electrons. The normalized spacial score (nSPS) is 10.5. The third-order valence-electron chi connectivity index (χ3n) is 5.12. The van der Waals surface area contributed by atoms with E-state index in [2.05, 4.69) is 5.32 Å². The fourth-order valence-electron chi connectivity index (χ4n) is 3.25. The van der Waals surface area contributed by atoms with Crippen LogP contribution in [0.3, 0.4) is 0 Å². The van der Waals surface area contributed by atoms with Crippen molar-refractivity contribution in [3.8, 4) is 0 Å². The summed E-state index contributed by atoms with van der Waals surface area (Å²) in [6.45, 7) is -1.51. The van der Waals surface area contributed by atoms with E-state index < -0.39 is 52.5 Å². The number of carbonyl (C=O) groups is 3. The topological polar surface area (TPSA) is 186 Å². The number of nitrogens with two attached hydrogens (primary N) is 1. The molecule has 0 aliphatic carbocycles. The maximum Gasteiger partial charge on any atom is 0.332 e. The second-order valence-corrected chi connectivity index (χ2v) is 7.55. The summed E-state index contributed by atoms with van der Waals surface area (Å²) < 4.78 is 6.63. The molecule has 36 heavy (non-hydrogen) atoms. The highest BCUT2D eigenvalue weighted by Crippen LogP contribution is 2.13. The van der Waals surface area contributed by atoms with Crippen LogP contribution in [0.4, 0.5) is 11.5 Å². The number of esters is 1. The van der Waals surface area contributed by atoms with Crippen molar-refractivity contribution in [2.24, 2.45) is 7.05 Å². The van der Waals surface area contributed by atoms with Gasteiger partial charge in [0, 0.05) is 24.7 Å². The number of anilines is 1. The van der Waals surface area contributed by atoms with Crippen LogP contribution in [0.1, 0.15) is 26.3 Å². The number of rotatable bonds is 9. The van der Waals surface area contributed by atoms with Crippen LogP contribution in [0.2, 0.25) is 0 Å². The summed E-state index contributed by atoms with van der Waals surface area (Å²) in [5.74, 6) is -3.08. The number of ether oxygens (including phenoxy) is 1. The van der Waals surface area contributed by atoms with Crippen LogP contribution in [0, 0.1) is 10.1 Å². The molecule has 1 heterocycles. The van der Waals surface area contributed by atoms with Gasteiger partial charge in [-0.1, -0.05) is 36.4 Å². The summed E-state index contributed by atoms with van der Waals surface area (Å²) in [6, 6.07) is 13.6. The number of nitro groups is 1. The third-order valence-corrected chi connectivity index (χ3v) is 5.12. The van der Waals surface area contributed by atoms with Crippen molar-refractivity contribution in [2.45, 2.75) is 6.54 Å². The van der Waals surface area contributed by atoms with E-state index in [0.29, 0.717) is 5.56 Å². The highest BCUT2D eigenvalue weighted by Gasteiger charge is 2.23. The fourth-order valence-corrected chi connectivity index (χ4v) is 3.25. The predicted molar refractivity (Wildman–Crippen MR) is 127 cm³/mol. The first-order chi connectivity index (χ1) is 17.1. The minimum Gasteiger partial charge on any atom is -0.456 e. The van der Waals surface area contributed by atoms with Crippen molar-refractivity contribution in [1.29, 1.82) is 0 Å². The van der Waals surface area contributed by atoms with Crippen molar-refractivity contribution < 1.29 is 24.0 Å². The molecule has 1 aromatic heterocycles. The molecule has 3 aromatic rings. The molecule has 0 spiro atoms. The van der Waals surface area contributed by atoms with Gasteiger partial charge in [0.15, 0.2) is 6.61 Å². The van der Waals surface area contributed by atoms with E-state index in [9.17, 15) is 34.1 Å². The highest BCUT2D eigenvalue weighted by atomic mass is 16.6. The van der Waals surface area contributed by atoms with Crippen molar-refractivity contribution in [1.82, 2.24) is 14.5 Å². The molecule has 0 fully saturated rings. The Balaban J connectivity index is 1.68. The number of nitrogens with one attached hydrogen (secondary N) is 1. The Labute approximate surface area is 202 Å². The third kappa shape index (κ3) is 5.70. The number of nitrogen functional groups attached to an aromatic ring is 1. The number of Topliss-reactive ketones (excluding diaryl/α,β-unsaturated/α-hetero) is 1. The van der Waals surface area contributed by atoms with E-state index in [1.807, 2.05) is 0 Å². The number of carbonyl (C=O) groups excluding carboxylic acids is 3. The molecule has 0 saturated carbocycles. The Morgan fingerprint density at radius 1 is 1.08 bits per heavy atom. The summed E-state index contributed by atoms with van der Waals surface area (Å²) in [4.78, 5) is 72.1. The minimum absolute atomic E-state index is 0.00335.